The van der Waals surface area contributed by atoms with Crippen molar-refractivity contribution in [2.75, 3.05) is 19.5 Å². The molecule has 0 bridgehead atoms. The lowest BCUT2D eigenvalue weighted by molar-refractivity contribution is -0.112. The van der Waals surface area contributed by atoms with Crippen LogP contribution in [0.15, 0.2) is 75.4 Å². The van der Waals surface area contributed by atoms with Crippen molar-refractivity contribution >= 4 is 39.3 Å². The van der Waals surface area contributed by atoms with Crippen molar-refractivity contribution in [2.45, 2.75) is 15.5 Å². The molecule has 2 heterocycles. The van der Waals surface area contributed by atoms with Gasteiger partial charge in [0.15, 0.2) is 9.84 Å². The second kappa shape index (κ2) is 10.1. The van der Waals surface area contributed by atoms with Gasteiger partial charge >= 0.3 is 0 Å². The predicted molar refractivity (Wildman–Crippen MR) is 139 cm³/mol. The summed E-state index contributed by atoms with van der Waals surface area (Å²) in [5.74, 6) is 0.758. The smallest absolute Gasteiger partial charge is 0.262 e. The summed E-state index contributed by atoms with van der Waals surface area (Å²) < 4.78 is 37.4. The minimum Gasteiger partial charge on any atom is -0.496 e. The van der Waals surface area contributed by atoms with Crippen molar-refractivity contribution in [1.82, 2.24) is 20.6 Å². The Labute approximate surface area is 217 Å². The van der Waals surface area contributed by atoms with Crippen molar-refractivity contribution in [2.24, 2.45) is 0 Å². The zero-order chi connectivity index (χ0) is 26.0. The van der Waals surface area contributed by atoms with E-state index < -0.39 is 9.84 Å². The summed E-state index contributed by atoms with van der Waals surface area (Å²) >= 11 is 1.21. The van der Waals surface area contributed by atoms with Crippen molar-refractivity contribution in [3.63, 3.8) is 0 Å². The number of anilines is 1. The molecule has 4 aromatic rings. The van der Waals surface area contributed by atoms with Crippen LogP contribution in [-0.2, 0) is 20.4 Å². The fourth-order valence-corrected chi connectivity index (χ4v) is 6.30. The van der Waals surface area contributed by atoms with Crippen molar-refractivity contribution < 1.29 is 22.7 Å². The molecule has 10 nitrogen and oxygen atoms in total. The number of aromatic amines is 1. The van der Waals surface area contributed by atoms with Gasteiger partial charge in [0.05, 0.1) is 41.0 Å². The first-order chi connectivity index (χ1) is 17.9. The largest absolute Gasteiger partial charge is 0.496 e. The van der Waals surface area contributed by atoms with Crippen LogP contribution in [-0.4, -0.2) is 49.2 Å². The van der Waals surface area contributed by atoms with Crippen LogP contribution in [0.4, 0.5) is 5.69 Å². The number of nitrogens with one attached hydrogen (secondary N) is 2. The first kappa shape index (κ1) is 24.5. The summed E-state index contributed by atoms with van der Waals surface area (Å²) in [7, 11) is -0.789. The molecule has 12 heteroatoms. The normalized spacial score (nSPS) is 14.2. The number of carbonyl (C=O) groups excluding carboxylic acids is 1. The Bertz CT molecular complexity index is 1580. The summed E-state index contributed by atoms with van der Waals surface area (Å²) in [6.07, 6.45) is 1.74. The summed E-state index contributed by atoms with van der Waals surface area (Å²) in [5.41, 5.74) is 2.56. The SMILES string of the molecule is COc1cccc(OC)c1CS(=O)(=O)c1ccc2c(c1)S/C(=C\c1ccc(-c3nn[nH]n3)cc1)C(=O)N2. The van der Waals surface area contributed by atoms with Gasteiger partial charge in [-0.2, -0.15) is 5.21 Å². The van der Waals surface area contributed by atoms with Crippen molar-refractivity contribution in [1.29, 1.82) is 0 Å². The summed E-state index contributed by atoms with van der Waals surface area (Å²) in [4.78, 5) is 13.9. The molecular formula is C25H21N5O5S2. The third-order valence-corrected chi connectivity index (χ3v) is 8.40. The second-order valence-electron chi connectivity index (χ2n) is 7.98. The van der Waals surface area contributed by atoms with Gasteiger partial charge in [-0.3, -0.25) is 4.79 Å². The van der Waals surface area contributed by atoms with Gasteiger partial charge in [0, 0.05) is 10.5 Å². The van der Waals surface area contributed by atoms with E-state index in [0.717, 1.165) is 11.1 Å². The Morgan fingerprint density at radius 2 is 1.73 bits per heavy atom. The van der Waals surface area contributed by atoms with Crippen LogP contribution in [0, 0.1) is 0 Å². The van der Waals surface area contributed by atoms with Gasteiger partial charge in [-0.15, -0.1) is 10.2 Å². The number of methoxy groups -OCH3 is 2. The predicted octanol–water partition coefficient (Wildman–Crippen LogP) is 3.94. The number of thioether (sulfide) groups is 1. The lowest BCUT2D eigenvalue weighted by atomic mass is 10.1. The van der Waals surface area contributed by atoms with Gasteiger partial charge in [-0.25, -0.2) is 8.42 Å². The molecule has 1 aromatic heterocycles. The van der Waals surface area contributed by atoms with E-state index in [1.165, 1.54) is 32.0 Å². The van der Waals surface area contributed by atoms with Crippen LogP contribution < -0.4 is 14.8 Å². The van der Waals surface area contributed by atoms with E-state index in [-0.39, 0.29) is 16.6 Å². The van der Waals surface area contributed by atoms with Gasteiger partial charge in [-0.1, -0.05) is 42.1 Å². The van der Waals surface area contributed by atoms with Crippen LogP contribution in [0.1, 0.15) is 11.1 Å². The topological polar surface area (TPSA) is 136 Å². The number of rotatable bonds is 7. The summed E-state index contributed by atoms with van der Waals surface area (Å²) in [6, 6.07) is 17.1. The highest BCUT2D eigenvalue weighted by Crippen LogP contribution is 2.41. The number of tetrazole rings is 1. The van der Waals surface area contributed by atoms with E-state index in [0.29, 0.717) is 38.4 Å². The molecule has 0 saturated heterocycles. The highest BCUT2D eigenvalue weighted by Gasteiger charge is 2.26. The van der Waals surface area contributed by atoms with E-state index in [2.05, 4.69) is 25.9 Å². The number of benzene rings is 3. The maximum absolute atomic E-state index is 13.4. The molecule has 2 N–H and O–H groups in total. The minimum atomic E-state index is -3.75. The molecule has 1 amide bonds. The van der Waals surface area contributed by atoms with Gasteiger partial charge in [0.1, 0.15) is 11.5 Å². The van der Waals surface area contributed by atoms with Crippen LogP contribution >= 0.6 is 11.8 Å². The number of ether oxygens (including phenoxy) is 2. The number of sulfone groups is 1. The maximum Gasteiger partial charge on any atom is 0.262 e. The Balaban J connectivity index is 1.42. The standard InChI is InChI=1S/C25H21N5O5S2/c1-34-20-4-3-5-21(35-2)18(20)14-37(32,33)17-10-11-19-22(13-17)36-23(25(31)26-19)12-15-6-8-16(9-7-15)24-27-29-30-28-24/h3-13H,14H2,1-2H3,(H,26,31)(H,27,28,29,30)/b23-12-. The van der Waals surface area contributed by atoms with E-state index in [1.54, 1.807) is 36.4 Å². The molecule has 0 fully saturated rings. The van der Waals surface area contributed by atoms with E-state index in [1.807, 2.05) is 24.3 Å². The first-order valence-electron chi connectivity index (χ1n) is 11.0. The van der Waals surface area contributed by atoms with Gasteiger partial charge in [0.25, 0.3) is 5.91 Å². The third-order valence-electron chi connectivity index (χ3n) is 5.68. The molecule has 1 aliphatic heterocycles. The Morgan fingerprint density at radius 1 is 1.00 bits per heavy atom. The molecule has 0 aliphatic carbocycles. The summed E-state index contributed by atoms with van der Waals surface area (Å²) in [6.45, 7) is 0. The number of amides is 1. The second-order valence-corrected chi connectivity index (χ2v) is 11.1. The molecule has 0 unspecified atom stereocenters. The van der Waals surface area contributed by atoms with Crippen LogP contribution in [0.25, 0.3) is 17.5 Å². The molecular weight excluding hydrogens is 514 g/mol. The lowest BCUT2D eigenvalue weighted by Crippen LogP contribution is -2.17. The highest BCUT2D eigenvalue weighted by atomic mass is 32.2. The number of carbonyl (C=O) groups is 1. The van der Waals surface area contributed by atoms with Crippen molar-refractivity contribution in [3.05, 3.63) is 76.7 Å². The molecule has 3 aromatic carbocycles. The number of hydrogen-bond donors (Lipinski definition) is 2. The Hall–Kier alpha value is -4.16. The number of aromatic nitrogens is 4. The monoisotopic (exact) mass is 535 g/mol. The maximum atomic E-state index is 13.4. The lowest BCUT2D eigenvalue weighted by Gasteiger charge is -2.20. The number of H-pyrrole nitrogens is 1. The van der Waals surface area contributed by atoms with Crippen LogP contribution in [0.3, 0.4) is 0 Å². The third kappa shape index (κ3) is 5.06. The molecule has 0 radical (unpaired) electrons. The molecule has 188 valence electrons. The van der Waals surface area contributed by atoms with Crippen LogP contribution in [0.2, 0.25) is 0 Å². The molecule has 37 heavy (non-hydrogen) atoms. The fraction of sp³-hybridized carbons (Fsp3) is 0.120. The summed E-state index contributed by atoms with van der Waals surface area (Å²) in [5, 5.41) is 16.7. The quantitative estimate of drug-likeness (QED) is 0.337. The van der Waals surface area contributed by atoms with Gasteiger partial charge in [0.2, 0.25) is 5.82 Å². The van der Waals surface area contributed by atoms with Gasteiger partial charge in [-0.05, 0) is 47.2 Å². The van der Waals surface area contributed by atoms with Crippen molar-refractivity contribution in [3.8, 4) is 22.9 Å². The molecule has 0 spiro atoms. The molecule has 0 saturated carbocycles. The first-order valence-corrected chi connectivity index (χ1v) is 13.5. The van der Waals surface area contributed by atoms with Crippen LogP contribution in [0.5, 0.6) is 11.5 Å². The Morgan fingerprint density at radius 3 is 2.38 bits per heavy atom. The minimum absolute atomic E-state index is 0.131. The molecule has 5 rings (SSSR count). The average Bonchev–Trinajstić information content (AvgIpc) is 3.44. The zero-order valence-corrected chi connectivity index (χ0v) is 21.4. The number of nitrogens with zero attached hydrogens (tertiary/aromatic N) is 3. The number of hydrogen-bond acceptors (Lipinski definition) is 9. The van der Waals surface area contributed by atoms with Gasteiger partial charge < -0.3 is 14.8 Å². The van der Waals surface area contributed by atoms with E-state index in [4.69, 9.17) is 9.47 Å². The average molecular weight is 536 g/mol. The molecule has 1 aliphatic rings. The van der Waals surface area contributed by atoms with E-state index in [9.17, 15) is 13.2 Å². The zero-order valence-electron chi connectivity index (χ0n) is 19.8. The van der Waals surface area contributed by atoms with E-state index >= 15 is 0 Å². The highest BCUT2D eigenvalue weighted by molar-refractivity contribution is 8.04. The number of fused-ring (bicyclic) bond motifs is 1. The Kier molecular flexibility index (Phi) is 6.68. The molecule has 0 atom stereocenters. The fourth-order valence-electron chi connectivity index (χ4n) is 3.84.